The van der Waals surface area contributed by atoms with Gasteiger partial charge in [0.25, 0.3) is 0 Å². The molecule has 134 valence electrons. The molecule has 6 heteroatoms. The number of ether oxygens (including phenoxy) is 4. The third-order valence-corrected chi connectivity index (χ3v) is 3.63. The standard InChI is InChI=1S/C19H21FO5/c1-22-16-10-13(11-17(23-2)19(16)24-3)7-8-18(21)25-12-14-5-4-6-15(20)9-14/h4-6,9-11H,7-8,12H2,1-3H3. The molecule has 0 saturated heterocycles. The van der Waals surface area contributed by atoms with Gasteiger partial charge in [-0.1, -0.05) is 12.1 Å². The smallest absolute Gasteiger partial charge is 0.306 e. The van der Waals surface area contributed by atoms with Crippen LogP contribution >= 0.6 is 0 Å². The summed E-state index contributed by atoms with van der Waals surface area (Å²) in [4.78, 5) is 11.9. The molecule has 0 aliphatic heterocycles. The molecule has 25 heavy (non-hydrogen) atoms. The minimum atomic E-state index is -0.363. The van der Waals surface area contributed by atoms with E-state index in [4.69, 9.17) is 18.9 Å². The van der Waals surface area contributed by atoms with Gasteiger partial charge in [0.1, 0.15) is 12.4 Å². The van der Waals surface area contributed by atoms with E-state index in [-0.39, 0.29) is 24.8 Å². The second-order valence-corrected chi connectivity index (χ2v) is 5.32. The van der Waals surface area contributed by atoms with E-state index in [1.165, 1.54) is 33.5 Å². The molecule has 2 aromatic carbocycles. The summed E-state index contributed by atoms with van der Waals surface area (Å²) >= 11 is 0. The molecular formula is C19H21FO5. The Morgan fingerprint density at radius 1 is 0.960 bits per heavy atom. The monoisotopic (exact) mass is 348 g/mol. The van der Waals surface area contributed by atoms with Crippen molar-refractivity contribution in [2.75, 3.05) is 21.3 Å². The van der Waals surface area contributed by atoms with Crippen molar-refractivity contribution >= 4 is 5.97 Å². The molecule has 0 aliphatic carbocycles. The molecule has 5 nitrogen and oxygen atoms in total. The average Bonchev–Trinajstić information content (AvgIpc) is 2.63. The van der Waals surface area contributed by atoms with Crippen molar-refractivity contribution in [3.8, 4) is 17.2 Å². The van der Waals surface area contributed by atoms with Gasteiger partial charge >= 0.3 is 5.97 Å². The number of carbonyl (C=O) groups is 1. The molecule has 0 aliphatic rings. The third kappa shape index (κ3) is 5.11. The molecule has 0 radical (unpaired) electrons. The van der Waals surface area contributed by atoms with E-state index in [0.29, 0.717) is 29.2 Å². The maximum absolute atomic E-state index is 13.1. The van der Waals surface area contributed by atoms with Gasteiger partial charge in [0.05, 0.1) is 21.3 Å². The Balaban J connectivity index is 1.95. The number of methoxy groups -OCH3 is 3. The fraction of sp³-hybridized carbons (Fsp3) is 0.316. The molecule has 0 atom stereocenters. The van der Waals surface area contributed by atoms with Crippen LogP contribution in [0.3, 0.4) is 0 Å². The predicted molar refractivity (Wildman–Crippen MR) is 90.6 cm³/mol. The first-order chi connectivity index (χ1) is 12.1. The second kappa shape index (κ2) is 8.92. The summed E-state index contributed by atoms with van der Waals surface area (Å²) in [5, 5.41) is 0. The highest BCUT2D eigenvalue weighted by Crippen LogP contribution is 2.38. The number of carbonyl (C=O) groups excluding carboxylic acids is 1. The van der Waals surface area contributed by atoms with Crippen LogP contribution in [0.4, 0.5) is 4.39 Å². The highest BCUT2D eigenvalue weighted by Gasteiger charge is 2.14. The summed E-state index contributed by atoms with van der Waals surface area (Å²) in [5.41, 5.74) is 1.47. The van der Waals surface area contributed by atoms with Crippen molar-refractivity contribution < 1.29 is 28.1 Å². The van der Waals surface area contributed by atoms with Crippen LogP contribution in [0.1, 0.15) is 17.5 Å². The Hall–Kier alpha value is -2.76. The van der Waals surface area contributed by atoms with Crippen LogP contribution in [0.25, 0.3) is 0 Å². The Labute approximate surface area is 146 Å². The zero-order chi connectivity index (χ0) is 18.2. The van der Waals surface area contributed by atoms with Crippen molar-refractivity contribution in [2.24, 2.45) is 0 Å². The van der Waals surface area contributed by atoms with Gasteiger partial charge in [0.15, 0.2) is 11.5 Å². The summed E-state index contributed by atoms with van der Waals surface area (Å²) in [5.74, 6) is 0.848. The summed E-state index contributed by atoms with van der Waals surface area (Å²) in [7, 11) is 4.60. The van der Waals surface area contributed by atoms with Crippen LogP contribution in [0.15, 0.2) is 36.4 Å². The molecule has 0 N–H and O–H groups in total. The zero-order valence-electron chi connectivity index (χ0n) is 14.5. The van der Waals surface area contributed by atoms with Crippen LogP contribution in [0, 0.1) is 5.82 Å². The number of hydrogen-bond donors (Lipinski definition) is 0. The van der Waals surface area contributed by atoms with Crippen LogP contribution in [-0.2, 0) is 22.6 Å². The first-order valence-electron chi connectivity index (χ1n) is 7.76. The second-order valence-electron chi connectivity index (χ2n) is 5.32. The van der Waals surface area contributed by atoms with E-state index in [0.717, 1.165) is 5.56 Å². The number of rotatable bonds is 8. The fourth-order valence-electron chi connectivity index (χ4n) is 2.39. The van der Waals surface area contributed by atoms with E-state index >= 15 is 0 Å². The van der Waals surface area contributed by atoms with Crippen LogP contribution in [0.2, 0.25) is 0 Å². The Morgan fingerprint density at radius 3 is 2.20 bits per heavy atom. The van der Waals surface area contributed by atoms with Crippen molar-refractivity contribution in [3.05, 3.63) is 53.3 Å². The molecule has 2 aromatic rings. The van der Waals surface area contributed by atoms with Crippen LogP contribution < -0.4 is 14.2 Å². The lowest BCUT2D eigenvalue weighted by Gasteiger charge is -2.14. The number of hydrogen-bond acceptors (Lipinski definition) is 5. The largest absolute Gasteiger partial charge is 0.493 e. The van der Waals surface area contributed by atoms with Gasteiger partial charge in [0.2, 0.25) is 5.75 Å². The molecule has 0 bridgehead atoms. The molecule has 0 saturated carbocycles. The molecule has 0 aromatic heterocycles. The van der Waals surface area contributed by atoms with Gasteiger partial charge in [0, 0.05) is 6.42 Å². The Kier molecular flexibility index (Phi) is 6.62. The van der Waals surface area contributed by atoms with Gasteiger partial charge in [-0.3, -0.25) is 4.79 Å². The topological polar surface area (TPSA) is 54.0 Å². The molecule has 0 fully saturated rings. The summed E-state index contributed by atoms with van der Waals surface area (Å²) < 4.78 is 34.1. The number of esters is 1. The number of aryl methyl sites for hydroxylation is 1. The van der Waals surface area contributed by atoms with Gasteiger partial charge in [-0.25, -0.2) is 4.39 Å². The number of benzene rings is 2. The van der Waals surface area contributed by atoms with Gasteiger partial charge < -0.3 is 18.9 Å². The average molecular weight is 348 g/mol. The van der Waals surface area contributed by atoms with Crippen LogP contribution in [-0.4, -0.2) is 27.3 Å². The maximum atomic E-state index is 13.1. The first kappa shape index (κ1) is 18.6. The SMILES string of the molecule is COc1cc(CCC(=O)OCc2cccc(F)c2)cc(OC)c1OC. The first-order valence-corrected chi connectivity index (χ1v) is 7.76. The van der Waals surface area contributed by atoms with E-state index in [9.17, 15) is 9.18 Å². The molecular weight excluding hydrogens is 327 g/mol. The molecule has 0 spiro atoms. The normalized spacial score (nSPS) is 10.2. The van der Waals surface area contributed by atoms with Gasteiger partial charge in [-0.15, -0.1) is 0 Å². The van der Waals surface area contributed by atoms with E-state index in [2.05, 4.69) is 0 Å². The highest BCUT2D eigenvalue weighted by atomic mass is 19.1. The predicted octanol–water partition coefficient (Wildman–Crippen LogP) is 3.53. The fourth-order valence-corrected chi connectivity index (χ4v) is 2.39. The van der Waals surface area contributed by atoms with Crippen LogP contribution in [0.5, 0.6) is 17.2 Å². The molecule has 0 heterocycles. The Bertz CT molecular complexity index is 704. The molecule has 2 rings (SSSR count). The van der Waals surface area contributed by atoms with Crippen molar-refractivity contribution in [1.82, 2.24) is 0 Å². The molecule has 0 unspecified atom stereocenters. The minimum absolute atomic E-state index is 0.0475. The minimum Gasteiger partial charge on any atom is -0.493 e. The Morgan fingerprint density at radius 2 is 1.64 bits per heavy atom. The van der Waals surface area contributed by atoms with E-state index in [1.54, 1.807) is 24.3 Å². The van der Waals surface area contributed by atoms with Crippen molar-refractivity contribution in [2.45, 2.75) is 19.4 Å². The summed E-state index contributed by atoms with van der Waals surface area (Å²) in [6.07, 6.45) is 0.645. The van der Waals surface area contributed by atoms with Gasteiger partial charge in [-0.05, 0) is 41.8 Å². The van der Waals surface area contributed by atoms with E-state index < -0.39 is 0 Å². The lowest BCUT2D eigenvalue weighted by Crippen LogP contribution is -2.06. The van der Waals surface area contributed by atoms with Crippen molar-refractivity contribution in [1.29, 1.82) is 0 Å². The van der Waals surface area contributed by atoms with E-state index in [1.807, 2.05) is 0 Å². The van der Waals surface area contributed by atoms with Gasteiger partial charge in [-0.2, -0.15) is 0 Å². The lowest BCUT2D eigenvalue weighted by atomic mass is 10.1. The third-order valence-electron chi connectivity index (χ3n) is 3.63. The van der Waals surface area contributed by atoms with Crippen molar-refractivity contribution in [3.63, 3.8) is 0 Å². The summed E-state index contributed by atoms with van der Waals surface area (Å²) in [6, 6.07) is 9.55. The highest BCUT2D eigenvalue weighted by molar-refractivity contribution is 5.70. The zero-order valence-corrected chi connectivity index (χ0v) is 14.5. The quantitative estimate of drug-likeness (QED) is 0.683. The molecule has 0 amide bonds. The lowest BCUT2D eigenvalue weighted by molar-refractivity contribution is -0.144. The number of halogens is 1. The summed E-state index contributed by atoms with van der Waals surface area (Å²) in [6.45, 7) is 0.0475. The maximum Gasteiger partial charge on any atom is 0.306 e.